The van der Waals surface area contributed by atoms with Crippen molar-refractivity contribution in [2.45, 2.75) is 39.2 Å². The maximum atomic E-state index is 12.3. The Bertz CT molecular complexity index is 1350. The average Bonchev–Trinajstić information content (AvgIpc) is 2.91. The van der Waals surface area contributed by atoms with E-state index in [-0.39, 0.29) is 12.2 Å². The van der Waals surface area contributed by atoms with E-state index in [1.165, 1.54) is 6.07 Å². The molecule has 0 saturated heterocycles. The van der Waals surface area contributed by atoms with Crippen LogP contribution >= 0.6 is 0 Å². The number of carbonyl (C=O) groups excluding carboxylic acids is 2. The number of nitriles is 1. The number of benzene rings is 3. The Labute approximate surface area is 221 Å². The minimum absolute atomic E-state index is 0.129. The highest BCUT2D eigenvalue weighted by Gasteiger charge is 2.23. The molecule has 0 fully saturated rings. The maximum Gasteiger partial charge on any atom is 0.411 e. The molecule has 9 heteroatoms. The Kier molecular flexibility index (Phi) is 9.43. The first-order chi connectivity index (χ1) is 18.2. The predicted molar refractivity (Wildman–Crippen MR) is 144 cm³/mol. The van der Waals surface area contributed by atoms with E-state index in [1.54, 1.807) is 42.5 Å². The Hall–Kier alpha value is -4.84. The third-order valence-corrected chi connectivity index (χ3v) is 6.08. The van der Waals surface area contributed by atoms with Crippen molar-refractivity contribution in [2.24, 2.45) is 5.73 Å². The Morgan fingerprint density at radius 3 is 2.26 bits per heavy atom. The molecule has 1 atom stereocenters. The first kappa shape index (κ1) is 27.7. The monoisotopic (exact) mass is 514 g/mol. The van der Waals surface area contributed by atoms with Gasteiger partial charge in [0.25, 0.3) is 0 Å². The second-order valence-electron chi connectivity index (χ2n) is 8.59. The van der Waals surface area contributed by atoms with Gasteiger partial charge in [-0.3, -0.25) is 10.1 Å². The van der Waals surface area contributed by atoms with Crippen molar-refractivity contribution in [3.8, 4) is 6.07 Å². The van der Waals surface area contributed by atoms with Crippen LogP contribution in [0.5, 0.6) is 0 Å². The van der Waals surface area contributed by atoms with E-state index in [0.29, 0.717) is 41.8 Å². The molecule has 0 aromatic heterocycles. The number of ether oxygens (including phenoxy) is 1. The van der Waals surface area contributed by atoms with Gasteiger partial charge in [-0.05, 0) is 71.5 Å². The van der Waals surface area contributed by atoms with Crippen molar-refractivity contribution >= 4 is 29.3 Å². The van der Waals surface area contributed by atoms with Crippen molar-refractivity contribution in [1.29, 1.82) is 5.26 Å². The van der Waals surface area contributed by atoms with Gasteiger partial charge in [-0.1, -0.05) is 38.1 Å². The number of rotatable bonds is 11. The van der Waals surface area contributed by atoms with Gasteiger partial charge >= 0.3 is 12.1 Å². The molecule has 3 aromatic rings. The van der Waals surface area contributed by atoms with E-state index in [0.717, 1.165) is 16.7 Å². The molecule has 1 unspecified atom stereocenters. The normalized spacial score (nSPS) is 11.2. The van der Waals surface area contributed by atoms with E-state index in [1.807, 2.05) is 32.0 Å². The topological polar surface area (TPSA) is 155 Å². The Morgan fingerprint density at radius 1 is 1.00 bits per heavy atom. The number of anilines is 2. The standard InChI is InChI=1S/C29H30N4O5/c1-3-19-14-22(26(28(35)36)32-24-10-6-8-21(16-24)27(31)34)15-20(4-2)25(19)11-12-38-29(37)33-23-9-5-7-18(13-23)17-30/h5-10,13-16,26,32H,3-4,11-12H2,1-2H3,(H2,31,34)(H,33,37)(H,35,36). The number of amides is 2. The first-order valence-electron chi connectivity index (χ1n) is 12.2. The minimum Gasteiger partial charge on any atom is -0.479 e. The molecule has 0 saturated carbocycles. The third kappa shape index (κ3) is 7.11. The predicted octanol–water partition coefficient (Wildman–Crippen LogP) is 4.81. The summed E-state index contributed by atoms with van der Waals surface area (Å²) in [4.78, 5) is 36.0. The number of nitrogens with two attached hydrogens (primary N) is 1. The number of carbonyl (C=O) groups is 3. The molecule has 5 N–H and O–H groups in total. The number of aryl methyl sites for hydroxylation is 2. The van der Waals surface area contributed by atoms with E-state index < -0.39 is 24.0 Å². The van der Waals surface area contributed by atoms with Crippen LogP contribution in [0.15, 0.2) is 60.7 Å². The van der Waals surface area contributed by atoms with Gasteiger partial charge in [-0.2, -0.15) is 5.26 Å². The second kappa shape index (κ2) is 12.9. The zero-order valence-corrected chi connectivity index (χ0v) is 21.3. The van der Waals surface area contributed by atoms with Gasteiger partial charge in [0.1, 0.15) is 0 Å². The fourth-order valence-electron chi connectivity index (χ4n) is 4.23. The summed E-state index contributed by atoms with van der Waals surface area (Å²) in [7, 11) is 0. The molecule has 2 amide bonds. The van der Waals surface area contributed by atoms with E-state index >= 15 is 0 Å². The zero-order chi connectivity index (χ0) is 27.7. The Morgan fingerprint density at radius 2 is 1.66 bits per heavy atom. The maximum absolute atomic E-state index is 12.3. The molecule has 38 heavy (non-hydrogen) atoms. The number of carboxylic acids is 1. The van der Waals surface area contributed by atoms with E-state index in [9.17, 15) is 19.5 Å². The molecule has 0 radical (unpaired) electrons. The fourth-order valence-corrected chi connectivity index (χ4v) is 4.23. The summed E-state index contributed by atoms with van der Waals surface area (Å²) in [5.41, 5.74) is 10.5. The molecule has 3 aromatic carbocycles. The molecule has 0 heterocycles. The summed E-state index contributed by atoms with van der Waals surface area (Å²) in [6.45, 7) is 4.10. The van der Waals surface area contributed by atoms with Crippen LogP contribution in [-0.4, -0.2) is 29.7 Å². The smallest absolute Gasteiger partial charge is 0.411 e. The third-order valence-electron chi connectivity index (χ3n) is 6.08. The number of primary amides is 1. The Balaban J connectivity index is 1.76. The van der Waals surface area contributed by atoms with Crippen LogP contribution in [0.2, 0.25) is 0 Å². The highest BCUT2D eigenvalue weighted by Crippen LogP contribution is 2.27. The number of hydrogen-bond acceptors (Lipinski definition) is 6. The van der Waals surface area contributed by atoms with Crippen LogP contribution in [0.25, 0.3) is 0 Å². The summed E-state index contributed by atoms with van der Waals surface area (Å²) in [5.74, 6) is -1.66. The molecule has 0 spiro atoms. The van der Waals surface area contributed by atoms with Crippen LogP contribution in [0.1, 0.15) is 58.1 Å². The van der Waals surface area contributed by atoms with Crippen molar-refractivity contribution in [3.63, 3.8) is 0 Å². The van der Waals surface area contributed by atoms with Crippen molar-refractivity contribution in [1.82, 2.24) is 0 Å². The molecular formula is C29H30N4O5. The molecule has 9 nitrogen and oxygen atoms in total. The van der Waals surface area contributed by atoms with Gasteiger partial charge in [0, 0.05) is 23.4 Å². The van der Waals surface area contributed by atoms with Crippen molar-refractivity contribution in [3.05, 3.63) is 94.0 Å². The largest absolute Gasteiger partial charge is 0.479 e. The summed E-state index contributed by atoms with van der Waals surface area (Å²) in [5, 5.41) is 24.6. The lowest BCUT2D eigenvalue weighted by molar-refractivity contribution is -0.138. The average molecular weight is 515 g/mol. The van der Waals surface area contributed by atoms with Gasteiger partial charge in [0.05, 0.1) is 18.2 Å². The zero-order valence-electron chi connectivity index (χ0n) is 21.3. The molecule has 0 bridgehead atoms. The summed E-state index contributed by atoms with van der Waals surface area (Å²) >= 11 is 0. The van der Waals surface area contributed by atoms with Gasteiger partial charge in [-0.15, -0.1) is 0 Å². The lowest BCUT2D eigenvalue weighted by Gasteiger charge is -2.21. The quantitative estimate of drug-likeness (QED) is 0.286. The van der Waals surface area contributed by atoms with E-state index in [2.05, 4.69) is 10.6 Å². The van der Waals surface area contributed by atoms with Crippen LogP contribution in [0.4, 0.5) is 16.2 Å². The second-order valence-corrected chi connectivity index (χ2v) is 8.59. The van der Waals surface area contributed by atoms with Crippen LogP contribution in [0, 0.1) is 11.3 Å². The number of nitrogens with zero attached hydrogens (tertiary/aromatic N) is 1. The van der Waals surface area contributed by atoms with Crippen molar-refractivity contribution in [2.75, 3.05) is 17.2 Å². The number of nitrogens with one attached hydrogen (secondary N) is 2. The van der Waals surface area contributed by atoms with Gasteiger partial charge in [0.15, 0.2) is 6.04 Å². The van der Waals surface area contributed by atoms with Gasteiger partial charge in [0.2, 0.25) is 5.91 Å². The number of aliphatic carboxylic acids is 1. The number of carboxylic acid groups (broad SMARTS) is 1. The lowest BCUT2D eigenvalue weighted by Crippen LogP contribution is -2.22. The van der Waals surface area contributed by atoms with E-state index in [4.69, 9.17) is 15.7 Å². The van der Waals surface area contributed by atoms with Crippen LogP contribution in [0.3, 0.4) is 0 Å². The van der Waals surface area contributed by atoms with Crippen molar-refractivity contribution < 1.29 is 24.2 Å². The molecule has 0 aliphatic heterocycles. The summed E-state index contributed by atoms with van der Waals surface area (Å²) in [6.07, 6.45) is 1.16. The van der Waals surface area contributed by atoms with Crippen LogP contribution in [-0.2, 0) is 28.8 Å². The van der Waals surface area contributed by atoms with Gasteiger partial charge in [-0.25, -0.2) is 9.59 Å². The first-order valence-corrected chi connectivity index (χ1v) is 12.2. The fraction of sp³-hybridized carbons (Fsp3) is 0.241. The highest BCUT2D eigenvalue weighted by molar-refractivity contribution is 5.94. The lowest BCUT2D eigenvalue weighted by atomic mass is 9.90. The highest BCUT2D eigenvalue weighted by atomic mass is 16.5. The van der Waals surface area contributed by atoms with Crippen LogP contribution < -0.4 is 16.4 Å². The molecule has 0 aliphatic rings. The molecule has 3 rings (SSSR count). The number of hydrogen-bond donors (Lipinski definition) is 4. The SMILES string of the molecule is CCc1cc(C(Nc2cccc(C(N)=O)c2)C(=O)O)cc(CC)c1CCOC(=O)Nc1cccc(C#N)c1. The summed E-state index contributed by atoms with van der Waals surface area (Å²) in [6, 6.07) is 17.6. The molecular weight excluding hydrogens is 484 g/mol. The molecule has 196 valence electrons. The van der Waals surface area contributed by atoms with Gasteiger partial charge < -0.3 is 20.9 Å². The minimum atomic E-state index is -1.06. The summed E-state index contributed by atoms with van der Waals surface area (Å²) < 4.78 is 5.37. The molecule has 0 aliphatic carbocycles.